The van der Waals surface area contributed by atoms with Gasteiger partial charge >= 0.3 is 5.97 Å². The molecule has 1 aliphatic rings. The molecule has 2 rings (SSSR count). The lowest BCUT2D eigenvalue weighted by atomic mass is 10.4. The Balaban J connectivity index is 0.00000180. The molecule has 1 N–H and O–H groups in total. The molecule has 2 heterocycles. The van der Waals surface area contributed by atoms with Crippen molar-refractivity contribution >= 4 is 28.4 Å². The molecule has 1 aliphatic heterocycles. The van der Waals surface area contributed by atoms with Crippen molar-refractivity contribution < 1.29 is 22.4 Å². The highest BCUT2D eigenvalue weighted by molar-refractivity contribution is 7.89. The summed E-state index contributed by atoms with van der Waals surface area (Å²) in [5.41, 5.74) is 0. The number of rotatable bonds is 3. The van der Waals surface area contributed by atoms with Gasteiger partial charge in [0.25, 0.3) is 10.0 Å². The number of halogens is 1. The lowest BCUT2D eigenvalue weighted by Crippen LogP contribution is -2.46. The first-order valence-electron chi connectivity index (χ1n) is 5.45. The van der Waals surface area contributed by atoms with Crippen LogP contribution in [0.2, 0.25) is 0 Å². The molecule has 0 bridgehead atoms. The van der Waals surface area contributed by atoms with Gasteiger partial charge < -0.3 is 14.5 Å². The number of hydrogen-bond acceptors (Lipinski definition) is 6. The zero-order chi connectivity index (χ0) is 13.2. The Morgan fingerprint density at radius 2 is 2.00 bits per heavy atom. The normalized spacial score (nSPS) is 16.7. The second kappa shape index (κ2) is 6.38. The summed E-state index contributed by atoms with van der Waals surface area (Å²) in [4.78, 5) is 11.2. The molecule has 1 aromatic heterocycles. The molecule has 0 amide bonds. The third kappa shape index (κ3) is 3.27. The fourth-order valence-electron chi connectivity index (χ4n) is 1.68. The average Bonchev–Trinajstić information content (AvgIpc) is 2.89. The fraction of sp³-hybridized carbons (Fsp3) is 0.500. The Hall–Kier alpha value is -1.09. The topological polar surface area (TPSA) is 88.9 Å². The number of hydrogen-bond donors (Lipinski definition) is 1. The van der Waals surface area contributed by atoms with Gasteiger partial charge in [0.2, 0.25) is 10.9 Å². The third-order valence-corrected chi connectivity index (χ3v) is 4.41. The summed E-state index contributed by atoms with van der Waals surface area (Å²) in [7, 11) is -2.46. The number of methoxy groups -OCH3 is 1. The SMILES string of the molecule is COC(=O)c1ccc(S(=O)(=O)N2CCNCC2)o1.Cl. The number of esters is 1. The number of carbonyl (C=O) groups is 1. The summed E-state index contributed by atoms with van der Waals surface area (Å²) in [6.45, 7) is 1.97. The highest BCUT2D eigenvalue weighted by Crippen LogP contribution is 2.19. The van der Waals surface area contributed by atoms with E-state index in [2.05, 4.69) is 10.1 Å². The van der Waals surface area contributed by atoms with Gasteiger partial charge in [-0.05, 0) is 12.1 Å². The van der Waals surface area contributed by atoms with Crippen molar-refractivity contribution in [1.82, 2.24) is 9.62 Å². The smallest absolute Gasteiger partial charge is 0.374 e. The Morgan fingerprint density at radius 1 is 1.37 bits per heavy atom. The summed E-state index contributed by atoms with van der Waals surface area (Å²) >= 11 is 0. The van der Waals surface area contributed by atoms with E-state index in [0.29, 0.717) is 26.2 Å². The highest BCUT2D eigenvalue weighted by Gasteiger charge is 2.29. The van der Waals surface area contributed by atoms with Crippen LogP contribution in [0.1, 0.15) is 10.6 Å². The molecule has 0 atom stereocenters. The second-order valence-corrected chi connectivity index (χ2v) is 5.63. The Kier molecular flexibility index (Phi) is 5.36. The van der Waals surface area contributed by atoms with Crippen molar-refractivity contribution in [3.05, 3.63) is 17.9 Å². The van der Waals surface area contributed by atoms with Crippen LogP contribution in [-0.2, 0) is 14.8 Å². The molecule has 0 spiro atoms. The molecular formula is C10H15ClN2O5S. The van der Waals surface area contributed by atoms with E-state index in [1.54, 1.807) is 0 Å². The molecule has 1 aromatic rings. The maximum absolute atomic E-state index is 12.2. The number of furan rings is 1. The minimum absolute atomic E-state index is 0. The van der Waals surface area contributed by atoms with Gasteiger partial charge in [-0.25, -0.2) is 13.2 Å². The lowest BCUT2D eigenvalue weighted by molar-refractivity contribution is 0.0558. The van der Waals surface area contributed by atoms with Gasteiger partial charge in [0.05, 0.1) is 7.11 Å². The predicted octanol–water partition coefficient (Wildman–Crippen LogP) is 0.0819. The van der Waals surface area contributed by atoms with Crippen LogP contribution in [0.3, 0.4) is 0 Å². The van der Waals surface area contributed by atoms with Gasteiger partial charge in [0.15, 0.2) is 0 Å². The summed E-state index contributed by atoms with van der Waals surface area (Å²) < 4.78 is 35.1. The van der Waals surface area contributed by atoms with Gasteiger partial charge in [0, 0.05) is 26.2 Å². The summed E-state index contributed by atoms with van der Waals surface area (Å²) in [6, 6.07) is 2.56. The van der Waals surface area contributed by atoms with Gasteiger partial charge in [-0.2, -0.15) is 4.31 Å². The molecule has 19 heavy (non-hydrogen) atoms. The molecule has 0 aliphatic carbocycles. The zero-order valence-electron chi connectivity index (χ0n) is 10.3. The van der Waals surface area contributed by atoms with Crippen LogP contribution in [0, 0.1) is 0 Å². The van der Waals surface area contributed by atoms with Gasteiger partial charge in [0.1, 0.15) is 0 Å². The number of nitrogens with one attached hydrogen (secondary N) is 1. The van der Waals surface area contributed by atoms with E-state index < -0.39 is 16.0 Å². The van der Waals surface area contributed by atoms with Gasteiger partial charge in [-0.15, -0.1) is 12.4 Å². The maximum atomic E-state index is 12.2. The number of ether oxygens (including phenoxy) is 1. The second-order valence-electron chi connectivity index (χ2n) is 3.76. The zero-order valence-corrected chi connectivity index (χ0v) is 11.9. The Bertz CT molecular complexity index is 536. The van der Waals surface area contributed by atoms with Crippen LogP contribution in [0.5, 0.6) is 0 Å². The Labute approximate surface area is 117 Å². The molecule has 0 radical (unpaired) electrons. The lowest BCUT2D eigenvalue weighted by Gasteiger charge is -2.25. The van der Waals surface area contributed by atoms with Crippen LogP contribution in [0.4, 0.5) is 0 Å². The molecule has 0 aromatic carbocycles. The first kappa shape index (κ1) is 16.0. The van der Waals surface area contributed by atoms with Gasteiger partial charge in [-0.3, -0.25) is 0 Å². The average molecular weight is 311 g/mol. The molecule has 1 saturated heterocycles. The van der Waals surface area contributed by atoms with Crippen LogP contribution in [0.15, 0.2) is 21.6 Å². The number of piperazine rings is 1. The van der Waals surface area contributed by atoms with Crippen LogP contribution in [0.25, 0.3) is 0 Å². The van der Waals surface area contributed by atoms with E-state index in [1.165, 1.54) is 23.5 Å². The molecule has 0 saturated carbocycles. The molecular weight excluding hydrogens is 296 g/mol. The highest BCUT2D eigenvalue weighted by atomic mass is 35.5. The van der Waals surface area contributed by atoms with Crippen LogP contribution < -0.4 is 5.32 Å². The third-order valence-electron chi connectivity index (χ3n) is 2.64. The first-order chi connectivity index (χ1) is 8.55. The molecule has 0 unspecified atom stereocenters. The Morgan fingerprint density at radius 3 is 2.58 bits per heavy atom. The first-order valence-corrected chi connectivity index (χ1v) is 6.89. The molecule has 9 heteroatoms. The number of sulfonamides is 1. The van der Waals surface area contributed by atoms with Crippen LogP contribution in [-0.4, -0.2) is 52.0 Å². The number of nitrogens with zero attached hydrogens (tertiary/aromatic N) is 1. The fourth-order valence-corrected chi connectivity index (χ4v) is 3.03. The predicted molar refractivity (Wildman–Crippen MR) is 68.9 cm³/mol. The largest absolute Gasteiger partial charge is 0.463 e. The molecule has 108 valence electrons. The van der Waals surface area contributed by atoms with Crippen molar-refractivity contribution in [2.45, 2.75) is 5.09 Å². The maximum Gasteiger partial charge on any atom is 0.374 e. The van der Waals surface area contributed by atoms with Crippen molar-refractivity contribution in [3.63, 3.8) is 0 Å². The summed E-state index contributed by atoms with van der Waals surface area (Å²) in [5, 5.41) is 2.83. The van der Waals surface area contributed by atoms with Crippen molar-refractivity contribution in [2.24, 2.45) is 0 Å². The van der Waals surface area contributed by atoms with Crippen molar-refractivity contribution in [2.75, 3.05) is 33.3 Å². The van der Waals surface area contributed by atoms with E-state index in [-0.39, 0.29) is 23.3 Å². The van der Waals surface area contributed by atoms with E-state index in [1.807, 2.05) is 0 Å². The van der Waals surface area contributed by atoms with E-state index in [4.69, 9.17) is 4.42 Å². The van der Waals surface area contributed by atoms with Crippen LogP contribution >= 0.6 is 12.4 Å². The molecule has 1 fully saturated rings. The monoisotopic (exact) mass is 310 g/mol. The minimum atomic E-state index is -3.66. The van der Waals surface area contributed by atoms with E-state index in [9.17, 15) is 13.2 Å². The number of carbonyl (C=O) groups excluding carboxylic acids is 1. The summed E-state index contributed by atoms with van der Waals surface area (Å²) in [5.74, 6) is -0.817. The summed E-state index contributed by atoms with van der Waals surface area (Å²) in [6.07, 6.45) is 0. The van der Waals surface area contributed by atoms with E-state index in [0.717, 1.165) is 0 Å². The van der Waals surface area contributed by atoms with E-state index >= 15 is 0 Å². The standard InChI is InChI=1S/C10H14N2O5S.ClH/c1-16-10(13)8-2-3-9(17-8)18(14,15)12-6-4-11-5-7-12;/h2-3,11H,4-7H2,1H3;1H. The minimum Gasteiger partial charge on any atom is -0.463 e. The quantitative estimate of drug-likeness (QED) is 0.796. The van der Waals surface area contributed by atoms with Gasteiger partial charge in [-0.1, -0.05) is 0 Å². The molecule has 7 nitrogen and oxygen atoms in total. The van der Waals surface area contributed by atoms with Crippen molar-refractivity contribution in [1.29, 1.82) is 0 Å². The van der Waals surface area contributed by atoms with Crippen molar-refractivity contribution in [3.8, 4) is 0 Å².